The van der Waals surface area contributed by atoms with E-state index in [0.717, 1.165) is 6.42 Å². The van der Waals surface area contributed by atoms with Crippen molar-refractivity contribution in [3.8, 4) is 11.9 Å². The Hall–Kier alpha value is -1.27. The third-order valence-corrected chi connectivity index (χ3v) is 1.55. The monoisotopic (exact) mass is 196 g/mol. The summed E-state index contributed by atoms with van der Waals surface area (Å²) in [5.74, 6) is 0.408. The van der Waals surface area contributed by atoms with Gasteiger partial charge in [0, 0.05) is 6.07 Å². The summed E-state index contributed by atoms with van der Waals surface area (Å²) in [6, 6.07) is 5.05. The molecule has 0 atom stereocenters. The Kier molecular flexibility index (Phi) is 3.53. The van der Waals surface area contributed by atoms with Crippen molar-refractivity contribution in [3.63, 3.8) is 0 Å². The number of nitrogens with zero attached hydrogens (tertiary/aromatic N) is 2. The molecule has 13 heavy (non-hydrogen) atoms. The van der Waals surface area contributed by atoms with Crippen LogP contribution in [0.15, 0.2) is 12.1 Å². The van der Waals surface area contributed by atoms with E-state index in [9.17, 15) is 0 Å². The van der Waals surface area contributed by atoms with Gasteiger partial charge in [0.2, 0.25) is 5.88 Å². The highest BCUT2D eigenvalue weighted by molar-refractivity contribution is 6.29. The van der Waals surface area contributed by atoms with Gasteiger partial charge in [-0.15, -0.1) is 0 Å². The van der Waals surface area contributed by atoms with Gasteiger partial charge in [-0.25, -0.2) is 4.98 Å². The zero-order chi connectivity index (χ0) is 9.68. The Bertz CT molecular complexity index is 333. The summed E-state index contributed by atoms with van der Waals surface area (Å²) >= 11 is 5.67. The molecule has 0 saturated carbocycles. The lowest BCUT2D eigenvalue weighted by atomic mass is 10.3. The predicted octanol–water partition coefficient (Wildman–Crippen LogP) is 2.40. The second-order valence-corrected chi connectivity index (χ2v) is 2.86. The molecule has 0 spiro atoms. The molecular weight excluding hydrogens is 188 g/mol. The van der Waals surface area contributed by atoms with Gasteiger partial charge in [-0.2, -0.15) is 5.26 Å². The Morgan fingerprint density at radius 1 is 1.62 bits per heavy atom. The molecule has 68 valence electrons. The lowest BCUT2D eigenvalue weighted by Crippen LogP contribution is -1.97. The third kappa shape index (κ3) is 2.92. The van der Waals surface area contributed by atoms with Crippen molar-refractivity contribution >= 4 is 11.6 Å². The number of nitriles is 1. The van der Waals surface area contributed by atoms with Gasteiger partial charge in [0.1, 0.15) is 5.15 Å². The van der Waals surface area contributed by atoms with Crippen LogP contribution in [0, 0.1) is 11.3 Å². The van der Waals surface area contributed by atoms with Crippen molar-refractivity contribution in [1.82, 2.24) is 4.98 Å². The number of hydrogen-bond donors (Lipinski definition) is 0. The van der Waals surface area contributed by atoms with E-state index >= 15 is 0 Å². The lowest BCUT2D eigenvalue weighted by Gasteiger charge is -2.03. The lowest BCUT2D eigenvalue weighted by molar-refractivity contribution is 0.305. The molecule has 0 bridgehead atoms. The molecule has 0 aliphatic heterocycles. The maximum Gasteiger partial charge on any atom is 0.215 e. The van der Waals surface area contributed by atoms with Crippen LogP contribution in [0.3, 0.4) is 0 Å². The summed E-state index contributed by atoms with van der Waals surface area (Å²) in [6.07, 6.45) is 0.899. The van der Waals surface area contributed by atoms with Gasteiger partial charge in [-0.05, 0) is 12.5 Å². The number of hydrogen-bond acceptors (Lipinski definition) is 3. The van der Waals surface area contributed by atoms with E-state index in [2.05, 4.69) is 4.98 Å². The highest BCUT2D eigenvalue weighted by atomic mass is 35.5. The van der Waals surface area contributed by atoms with Crippen LogP contribution < -0.4 is 4.74 Å². The van der Waals surface area contributed by atoms with E-state index in [1.807, 2.05) is 13.0 Å². The standard InChI is InChI=1S/C9H9ClN2O/c1-2-3-13-9-5-7(6-11)4-8(10)12-9/h4-5H,2-3H2,1H3. The molecule has 0 radical (unpaired) electrons. The van der Waals surface area contributed by atoms with E-state index in [4.69, 9.17) is 21.6 Å². The van der Waals surface area contributed by atoms with Crippen molar-refractivity contribution in [3.05, 3.63) is 22.8 Å². The van der Waals surface area contributed by atoms with Crippen LogP contribution in [0.25, 0.3) is 0 Å². The first-order chi connectivity index (χ1) is 6.26. The molecular formula is C9H9ClN2O. The zero-order valence-corrected chi connectivity index (χ0v) is 8.01. The minimum Gasteiger partial charge on any atom is -0.478 e. The number of pyridine rings is 1. The summed E-state index contributed by atoms with van der Waals surface area (Å²) in [5, 5.41) is 8.90. The third-order valence-electron chi connectivity index (χ3n) is 1.35. The number of rotatable bonds is 3. The fraction of sp³-hybridized carbons (Fsp3) is 0.333. The first-order valence-corrected chi connectivity index (χ1v) is 4.34. The molecule has 0 amide bonds. The number of halogens is 1. The molecule has 0 aromatic carbocycles. The van der Waals surface area contributed by atoms with E-state index in [1.54, 1.807) is 6.07 Å². The molecule has 0 N–H and O–H groups in total. The maximum absolute atomic E-state index is 8.62. The highest BCUT2D eigenvalue weighted by Crippen LogP contribution is 2.15. The first kappa shape index (κ1) is 9.82. The second kappa shape index (κ2) is 4.68. The number of aromatic nitrogens is 1. The van der Waals surface area contributed by atoms with E-state index < -0.39 is 0 Å². The van der Waals surface area contributed by atoms with Crippen molar-refractivity contribution < 1.29 is 4.74 Å². The minimum atomic E-state index is 0.283. The van der Waals surface area contributed by atoms with Gasteiger partial charge >= 0.3 is 0 Å². The van der Waals surface area contributed by atoms with Crippen LogP contribution in [0.2, 0.25) is 5.15 Å². The highest BCUT2D eigenvalue weighted by Gasteiger charge is 2.00. The maximum atomic E-state index is 8.62. The van der Waals surface area contributed by atoms with Crippen LogP contribution in [-0.2, 0) is 0 Å². The first-order valence-electron chi connectivity index (χ1n) is 3.96. The molecule has 4 heteroatoms. The normalized spacial score (nSPS) is 9.31. The topological polar surface area (TPSA) is 45.9 Å². The molecule has 0 unspecified atom stereocenters. The molecule has 0 saturated heterocycles. The Labute approximate surface area is 81.9 Å². The van der Waals surface area contributed by atoms with Crippen molar-refractivity contribution in [2.45, 2.75) is 13.3 Å². The van der Waals surface area contributed by atoms with Gasteiger partial charge in [-0.3, -0.25) is 0 Å². The molecule has 1 heterocycles. The molecule has 3 nitrogen and oxygen atoms in total. The van der Waals surface area contributed by atoms with Gasteiger partial charge < -0.3 is 4.74 Å². The van der Waals surface area contributed by atoms with Crippen molar-refractivity contribution in [1.29, 1.82) is 5.26 Å². The minimum absolute atomic E-state index is 0.283. The van der Waals surface area contributed by atoms with Crippen LogP contribution in [0.5, 0.6) is 5.88 Å². The average molecular weight is 197 g/mol. The van der Waals surface area contributed by atoms with Gasteiger partial charge in [0.25, 0.3) is 0 Å². The molecule has 1 rings (SSSR count). The van der Waals surface area contributed by atoms with Gasteiger partial charge in [-0.1, -0.05) is 18.5 Å². The second-order valence-electron chi connectivity index (χ2n) is 2.48. The zero-order valence-electron chi connectivity index (χ0n) is 7.25. The SMILES string of the molecule is CCCOc1cc(C#N)cc(Cl)n1. The molecule has 1 aromatic rings. The molecule has 1 aromatic heterocycles. The summed E-state index contributed by atoms with van der Waals surface area (Å²) in [6.45, 7) is 2.58. The summed E-state index contributed by atoms with van der Waals surface area (Å²) in [7, 11) is 0. The summed E-state index contributed by atoms with van der Waals surface area (Å²) in [5.41, 5.74) is 0.464. The van der Waals surface area contributed by atoms with E-state index in [1.165, 1.54) is 6.07 Å². The average Bonchev–Trinajstić information content (AvgIpc) is 2.14. The van der Waals surface area contributed by atoms with Crippen molar-refractivity contribution in [2.24, 2.45) is 0 Å². The van der Waals surface area contributed by atoms with Crippen LogP contribution in [0.4, 0.5) is 0 Å². The summed E-state index contributed by atoms with van der Waals surface area (Å²) < 4.78 is 5.23. The molecule has 0 aliphatic rings. The Morgan fingerprint density at radius 3 is 3.00 bits per heavy atom. The van der Waals surface area contributed by atoms with Gasteiger partial charge in [0.05, 0.1) is 18.2 Å². The van der Waals surface area contributed by atoms with Gasteiger partial charge in [0.15, 0.2) is 0 Å². The quantitative estimate of drug-likeness (QED) is 0.698. The van der Waals surface area contributed by atoms with Crippen LogP contribution in [-0.4, -0.2) is 11.6 Å². The summed E-state index contributed by atoms with van der Waals surface area (Å²) in [4.78, 5) is 3.91. The fourth-order valence-corrected chi connectivity index (χ4v) is 1.02. The van der Waals surface area contributed by atoms with Crippen LogP contribution in [0.1, 0.15) is 18.9 Å². The largest absolute Gasteiger partial charge is 0.478 e. The smallest absolute Gasteiger partial charge is 0.215 e. The van der Waals surface area contributed by atoms with E-state index in [0.29, 0.717) is 18.1 Å². The number of ether oxygens (including phenoxy) is 1. The van der Waals surface area contributed by atoms with E-state index in [-0.39, 0.29) is 5.15 Å². The molecule has 0 fully saturated rings. The van der Waals surface area contributed by atoms with Crippen LogP contribution >= 0.6 is 11.6 Å². The molecule has 0 aliphatic carbocycles. The van der Waals surface area contributed by atoms with Crippen molar-refractivity contribution in [2.75, 3.05) is 6.61 Å². The predicted molar refractivity (Wildman–Crippen MR) is 49.7 cm³/mol. The Morgan fingerprint density at radius 2 is 2.38 bits per heavy atom. The fourth-order valence-electron chi connectivity index (χ4n) is 0.818. The Balaban J connectivity index is 2.83.